The first kappa shape index (κ1) is 13.9. The lowest BCUT2D eigenvalue weighted by atomic mass is 9.90. The van der Waals surface area contributed by atoms with Gasteiger partial charge in [-0.1, -0.05) is 6.92 Å². The molecule has 1 fully saturated rings. The van der Waals surface area contributed by atoms with Gasteiger partial charge in [-0.3, -0.25) is 4.90 Å². The second-order valence-electron chi connectivity index (χ2n) is 5.85. The average Bonchev–Trinajstić information content (AvgIpc) is 2.16. The fourth-order valence-corrected chi connectivity index (χ4v) is 2.64. The van der Waals surface area contributed by atoms with Crippen LogP contribution in [-0.4, -0.2) is 40.8 Å². The van der Waals surface area contributed by atoms with Crippen molar-refractivity contribution in [2.45, 2.75) is 70.6 Å². The lowest BCUT2D eigenvalue weighted by Crippen LogP contribution is -2.47. The molecule has 96 valence electrons. The SMILES string of the molecule is CCCN(CC(C)(C)O)C1CCC(N)CC1. The monoisotopic (exact) mass is 228 g/mol. The van der Waals surface area contributed by atoms with E-state index < -0.39 is 5.60 Å². The highest BCUT2D eigenvalue weighted by atomic mass is 16.3. The Balaban J connectivity index is 2.49. The van der Waals surface area contributed by atoms with Gasteiger partial charge in [0, 0.05) is 18.6 Å². The van der Waals surface area contributed by atoms with Crippen molar-refractivity contribution in [2.75, 3.05) is 13.1 Å². The fraction of sp³-hybridized carbons (Fsp3) is 1.00. The van der Waals surface area contributed by atoms with E-state index in [9.17, 15) is 5.11 Å². The van der Waals surface area contributed by atoms with E-state index in [1.165, 1.54) is 12.8 Å². The van der Waals surface area contributed by atoms with E-state index in [2.05, 4.69) is 11.8 Å². The van der Waals surface area contributed by atoms with E-state index in [1.54, 1.807) is 0 Å². The van der Waals surface area contributed by atoms with Crippen molar-refractivity contribution in [1.29, 1.82) is 0 Å². The highest BCUT2D eigenvalue weighted by Gasteiger charge is 2.27. The lowest BCUT2D eigenvalue weighted by molar-refractivity contribution is 0.0129. The number of nitrogens with two attached hydrogens (primary N) is 1. The van der Waals surface area contributed by atoms with Crippen LogP contribution in [0.3, 0.4) is 0 Å². The molecule has 0 unspecified atom stereocenters. The first-order chi connectivity index (χ1) is 7.42. The molecule has 0 aromatic rings. The summed E-state index contributed by atoms with van der Waals surface area (Å²) in [6.07, 6.45) is 5.81. The average molecular weight is 228 g/mol. The maximum atomic E-state index is 9.93. The van der Waals surface area contributed by atoms with Crippen LogP contribution in [0.5, 0.6) is 0 Å². The van der Waals surface area contributed by atoms with Crippen molar-refractivity contribution in [2.24, 2.45) is 5.73 Å². The van der Waals surface area contributed by atoms with Gasteiger partial charge in [0.05, 0.1) is 5.60 Å². The van der Waals surface area contributed by atoms with E-state index in [0.717, 1.165) is 32.4 Å². The number of hydrogen-bond acceptors (Lipinski definition) is 3. The first-order valence-corrected chi connectivity index (χ1v) is 6.64. The predicted molar refractivity (Wildman–Crippen MR) is 68.4 cm³/mol. The Morgan fingerprint density at radius 2 is 1.81 bits per heavy atom. The van der Waals surface area contributed by atoms with Crippen molar-refractivity contribution in [3.05, 3.63) is 0 Å². The summed E-state index contributed by atoms with van der Waals surface area (Å²) in [5.41, 5.74) is 5.34. The van der Waals surface area contributed by atoms with Crippen molar-refractivity contribution in [3.8, 4) is 0 Å². The van der Waals surface area contributed by atoms with Gasteiger partial charge in [-0.05, 0) is 52.5 Å². The maximum Gasteiger partial charge on any atom is 0.0718 e. The molecule has 0 aliphatic heterocycles. The Labute approximate surface area is 100 Å². The van der Waals surface area contributed by atoms with E-state index in [-0.39, 0.29) is 0 Å². The summed E-state index contributed by atoms with van der Waals surface area (Å²) in [7, 11) is 0. The van der Waals surface area contributed by atoms with Crippen LogP contribution in [0.2, 0.25) is 0 Å². The second-order valence-corrected chi connectivity index (χ2v) is 5.85. The van der Waals surface area contributed by atoms with Crippen molar-refractivity contribution >= 4 is 0 Å². The summed E-state index contributed by atoms with van der Waals surface area (Å²) in [4.78, 5) is 2.45. The second kappa shape index (κ2) is 5.99. The molecule has 1 aliphatic carbocycles. The molecule has 0 amide bonds. The summed E-state index contributed by atoms with van der Waals surface area (Å²) in [6.45, 7) is 7.85. The first-order valence-electron chi connectivity index (χ1n) is 6.64. The topological polar surface area (TPSA) is 49.5 Å². The molecule has 0 bridgehead atoms. The molecular weight excluding hydrogens is 200 g/mol. The summed E-state index contributed by atoms with van der Waals surface area (Å²) >= 11 is 0. The summed E-state index contributed by atoms with van der Waals surface area (Å²) < 4.78 is 0. The quantitative estimate of drug-likeness (QED) is 0.753. The predicted octanol–water partition coefficient (Wildman–Crippen LogP) is 1.74. The summed E-state index contributed by atoms with van der Waals surface area (Å²) in [6, 6.07) is 1.04. The molecule has 1 aliphatic rings. The molecule has 0 aromatic heterocycles. The van der Waals surface area contributed by atoms with Gasteiger partial charge in [0.2, 0.25) is 0 Å². The van der Waals surface area contributed by atoms with Gasteiger partial charge in [0.1, 0.15) is 0 Å². The highest BCUT2D eigenvalue weighted by molar-refractivity contribution is 4.84. The van der Waals surface area contributed by atoms with Gasteiger partial charge < -0.3 is 10.8 Å². The van der Waals surface area contributed by atoms with E-state index in [0.29, 0.717) is 12.1 Å². The minimum absolute atomic E-state index is 0.405. The van der Waals surface area contributed by atoms with Crippen LogP contribution < -0.4 is 5.73 Å². The molecular formula is C13H28N2O. The minimum Gasteiger partial charge on any atom is -0.389 e. The van der Waals surface area contributed by atoms with Crippen LogP contribution in [0.4, 0.5) is 0 Å². The van der Waals surface area contributed by atoms with Crippen molar-refractivity contribution < 1.29 is 5.11 Å². The number of rotatable bonds is 5. The van der Waals surface area contributed by atoms with E-state index >= 15 is 0 Å². The smallest absolute Gasteiger partial charge is 0.0718 e. The third kappa shape index (κ3) is 4.81. The highest BCUT2D eigenvalue weighted by Crippen LogP contribution is 2.23. The van der Waals surface area contributed by atoms with Crippen LogP contribution >= 0.6 is 0 Å². The van der Waals surface area contributed by atoms with Crippen LogP contribution in [-0.2, 0) is 0 Å². The zero-order valence-electron chi connectivity index (χ0n) is 11.1. The molecule has 0 radical (unpaired) electrons. The molecule has 0 saturated heterocycles. The largest absolute Gasteiger partial charge is 0.389 e. The third-order valence-electron chi connectivity index (χ3n) is 3.36. The van der Waals surface area contributed by atoms with Crippen LogP contribution in [0.1, 0.15) is 52.9 Å². The third-order valence-corrected chi connectivity index (χ3v) is 3.36. The number of nitrogens with zero attached hydrogens (tertiary/aromatic N) is 1. The summed E-state index contributed by atoms with van der Waals surface area (Å²) in [5.74, 6) is 0. The van der Waals surface area contributed by atoms with Gasteiger partial charge in [-0.15, -0.1) is 0 Å². The Morgan fingerprint density at radius 1 is 1.25 bits per heavy atom. The van der Waals surface area contributed by atoms with Gasteiger partial charge in [0.15, 0.2) is 0 Å². The molecule has 0 spiro atoms. The molecule has 3 heteroatoms. The zero-order chi connectivity index (χ0) is 12.2. The molecule has 0 heterocycles. The fourth-order valence-electron chi connectivity index (χ4n) is 2.64. The molecule has 0 aromatic carbocycles. The van der Waals surface area contributed by atoms with Crippen molar-refractivity contribution in [1.82, 2.24) is 4.90 Å². The Morgan fingerprint density at radius 3 is 2.25 bits per heavy atom. The molecule has 3 N–H and O–H groups in total. The normalized spacial score (nSPS) is 27.4. The van der Waals surface area contributed by atoms with Gasteiger partial charge in [-0.25, -0.2) is 0 Å². The molecule has 1 saturated carbocycles. The van der Waals surface area contributed by atoms with Crippen LogP contribution in [0.25, 0.3) is 0 Å². The maximum absolute atomic E-state index is 9.93. The lowest BCUT2D eigenvalue weighted by Gasteiger charge is -2.38. The van der Waals surface area contributed by atoms with Gasteiger partial charge >= 0.3 is 0 Å². The zero-order valence-corrected chi connectivity index (χ0v) is 11.1. The Kier molecular flexibility index (Phi) is 5.22. The molecule has 0 atom stereocenters. The van der Waals surface area contributed by atoms with Gasteiger partial charge in [-0.2, -0.15) is 0 Å². The molecule has 16 heavy (non-hydrogen) atoms. The Bertz CT molecular complexity index is 193. The van der Waals surface area contributed by atoms with E-state index in [1.807, 2.05) is 13.8 Å². The minimum atomic E-state index is -0.589. The molecule has 3 nitrogen and oxygen atoms in total. The van der Waals surface area contributed by atoms with Crippen LogP contribution in [0.15, 0.2) is 0 Å². The molecule has 1 rings (SSSR count). The van der Waals surface area contributed by atoms with E-state index in [4.69, 9.17) is 5.73 Å². The number of aliphatic hydroxyl groups is 1. The summed E-state index contributed by atoms with van der Waals surface area (Å²) in [5, 5.41) is 9.93. The Hall–Kier alpha value is -0.120. The van der Waals surface area contributed by atoms with Gasteiger partial charge in [0.25, 0.3) is 0 Å². The van der Waals surface area contributed by atoms with Crippen molar-refractivity contribution in [3.63, 3.8) is 0 Å². The van der Waals surface area contributed by atoms with Crippen LogP contribution in [0, 0.1) is 0 Å². The number of hydrogen-bond donors (Lipinski definition) is 2. The standard InChI is InChI=1S/C13H28N2O/c1-4-9-15(10-13(2,3)16)12-7-5-11(14)6-8-12/h11-12,16H,4-10,14H2,1-3H3.